The van der Waals surface area contributed by atoms with Gasteiger partial charge in [0.1, 0.15) is 10.8 Å². The van der Waals surface area contributed by atoms with Crippen LogP contribution in [0.2, 0.25) is 10.3 Å². The Bertz CT molecular complexity index is 429. The van der Waals surface area contributed by atoms with Crippen LogP contribution < -0.4 is 5.32 Å². The molecule has 4 nitrogen and oxygen atoms in total. The van der Waals surface area contributed by atoms with E-state index in [1.807, 2.05) is 0 Å². The fraction of sp³-hybridized carbons (Fsp3) is 0.500. The molecule has 0 aliphatic heterocycles. The fourth-order valence-electron chi connectivity index (χ4n) is 1.91. The zero-order chi connectivity index (χ0) is 11.5. The Morgan fingerprint density at radius 3 is 3.00 bits per heavy atom. The van der Waals surface area contributed by atoms with Crippen LogP contribution in [0.3, 0.4) is 0 Å². The molecule has 84 valence electrons. The number of nitrogens with one attached hydrogen (secondary N) is 1. The minimum Gasteiger partial charge on any atom is -0.365 e. The van der Waals surface area contributed by atoms with Crippen molar-refractivity contribution in [1.82, 2.24) is 9.97 Å². The first-order chi connectivity index (χ1) is 7.70. The second-order valence-corrected chi connectivity index (χ2v) is 4.50. The molecule has 1 fully saturated rings. The molecule has 1 aliphatic carbocycles. The highest BCUT2D eigenvalue weighted by Crippen LogP contribution is 2.29. The van der Waals surface area contributed by atoms with Crippen molar-refractivity contribution in [2.24, 2.45) is 5.92 Å². The van der Waals surface area contributed by atoms with E-state index < -0.39 is 0 Å². The zero-order valence-corrected chi connectivity index (χ0v) is 9.96. The Hall–Kier alpha value is -1.05. The van der Waals surface area contributed by atoms with Gasteiger partial charge >= 0.3 is 0 Å². The van der Waals surface area contributed by atoms with E-state index in [9.17, 15) is 0 Å². The van der Waals surface area contributed by atoms with E-state index in [2.05, 4.69) is 21.4 Å². The van der Waals surface area contributed by atoms with E-state index in [1.54, 1.807) is 0 Å². The van der Waals surface area contributed by atoms with Gasteiger partial charge in [0.15, 0.2) is 0 Å². The first-order valence-corrected chi connectivity index (χ1v) is 5.80. The van der Waals surface area contributed by atoms with Gasteiger partial charge in [-0.1, -0.05) is 11.6 Å². The molecule has 1 heterocycles. The number of anilines is 1. The summed E-state index contributed by atoms with van der Waals surface area (Å²) in [5.74, 6) is 0.527. The van der Waals surface area contributed by atoms with Crippen LogP contribution in [0.5, 0.6) is 0 Å². The smallest absolute Gasteiger partial charge is 0.224 e. The van der Waals surface area contributed by atoms with E-state index in [4.69, 9.17) is 28.5 Å². The number of rotatable bonds is 2. The topological polar surface area (TPSA) is 61.6 Å². The van der Waals surface area contributed by atoms with Crippen LogP contribution in [-0.4, -0.2) is 16.0 Å². The third-order valence-electron chi connectivity index (χ3n) is 2.72. The zero-order valence-electron chi connectivity index (χ0n) is 8.45. The number of nitrogens with zero attached hydrogens (tertiary/aromatic N) is 3. The fourth-order valence-corrected chi connectivity index (χ4v) is 2.19. The summed E-state index contributed by atoms with van der Waals surface area (Å²) in [7, 11) is 0. The predicted octanol–water partition coefficient (Wildman–Crippen LogP) is 2.89. The summed E-state index contributed by atoms with van der Waals surface area (Å²) in [6.07, 6.45) is 4.38. The molecule has 1 aromatic heterocycles. The molecule has 0 radical (unpaired) electrons. The molecule has 2 unspecified atom stereocenters. The Morgan fingerprint density at radius 1 is 1.44 bits per heavy atom. The van der Waals surface area contributed by atoms with Gasteiger partial charge in [-0.05, 0) is 30.9 Å². The largest absolute Gasteiger partial charge is 0.365 e. The third kappa shape index (κ3) is 2.37. The summed E-state index contributed by atoms with van der Waals surface area (Å²) in [6, 6.07) is 2.39. The molecule has 0 bridgehead atoms. The van der Waals surface area contributed by atoms with Gasteiger partial charge in [0, 0.05) is 6.04 Å². The monoisotopic (exact) mass is 256 g/mol. The summed E-state index contributed by atoms with van der Waals surface area (Å²) in [4.78, 5) is 7.78. The Balaban J connectivity index is 2.14. The maximum atomic E-state index is 8.96. The normalized spacial score (nSPS) is 24.1. The maximum absolute atomic E-state index is 8.96. The number of nitriles is 1. The van der Waals surface area contributed by atoms with E-state index >= 15 is 0 Å². The van der Waals surface area contributed by atoms with Crippen LogP contribution in [0, 0.1) is 17.2 Å². The molecule has 1 aromatic rings. The van der Waals surface area contributed by atoms with Crippen LogP contribution >= 0.6 is 23.2 Å². The van der Waals surface area contributed by atoms with Crippen LogP contribution in [0.15, 0.2) is 6.20 Å². The van der Waals surface area contributed by atoms with Crippen molar-refractivity contribution in [3.05, 3.63) is 16.5 Å². The van der Waals surface area contributed by atoms with E-state index in [1.165, 1.54) is 6.20 Å². The number of aromatic nitrogens is 2. The Morgan fingerprint density at radius 2 is 2.25 bits per heavy atom. The molecule has 6 heteroatoms. The van der Waals surface area contributed by atoms with Crippen LogP contribution in [0.1, 0.15) is 19.3 Å². The Kier molecular flexibility index (Phi) is 3.47. The lowest BCUT2D eigenvalue weighted by atomic mass is 10.1. The Labute approximate surface area is 104 Å². The van der Waals surface area contributed by atoms with Crippen molar-refractivity contribution in [2.75, 3.05) is 5.32 Å². The molecule has 2 rings (SSSR count). The van der Waals surface area contributed by atoms with E-state index in [0.29, 0.717) is 10.8 Å². The molecular weight excluding hydrogens is 247 g/mol. The average Bonchev–Trinajstić information content (AvgIpc) is 2.71. The molecule has 2 atom stereocenters. The first kappa shape index (κ1) is 11.4. The lowest BCUT2D eigenvalue weighted by Crippen LogP contribution is -2.23. The van der Waals surface area contributed by atoms with Gasteiger partial charge in [0.2, 0.25) is 5.28 Å². The maximum Gasteiger partial charge on any atom is 0.224 e. The lowest BCUT2D eigenvalue weighted by molar-refractivity contribution is 0.627. The summed E-state index contributed by atoms with van der Waals surface area (Å²) in [5, 5.41) is 12.7. The molecule has 0 saturated heterocycles. The first-order valence-electron chi connectivity index (χ1n) is 5.05. The molecule has 16 heavy (non-hydrogen) atoms. The average molecular weight is 257 g/mol. The number of hydrogen-bond acceptors (Lipinski definition) is 4. The van der Waals surface area contributed by atoms with Crippen molar-refractivity contribution >= 4 is 29.0 Å². The predicted molar refractivity (Wildman–Crippen MR) is 62.4 cm³/mol. The van der Waals surface area contributed by atoms with Gasteiger partial charge in [-0.2, -0.15) is 10.2 Å². The highest BCUT2D eigenvalue weighted by molar-refractivity contribution is 6.33. The lowest BCUT2D eigenvalue weighted by Gasteiger charge is -2.16. The van der Waals surface area contributed by atoms with E-state index in [-0.39, 0.29) is 17.2 Å². The minimum absolute atomic E-state index is 0.0183. The van der Waals surface area contributed by atoms with Gasteiger partial charge in [-0.25, -0.2) is 4.98 Å². The van der Waals surface area contributed by atoms with Crippen molar-refractivity contribution in [2.45, 2.75) is 25.3 Å². The molecule has 1 aliphatic rings. The highest BCUT2D eigenvalue weighted by atomic mass is 35.5. The molecule has 0 amide bonds. The minimum atomic E-state index is 0.0183. The molecular formula is C10H10Cl2N4. The second-order valence-electron chi connectivity index (χ2n) is 3.75. The van der Waals surface area contributed by atoms with Gasteiger partial charge in [0.05, 0.1) is 18.2 Å². The van der Waals surface area contributed by atoms with Crippen molar-refractivity contribution < 1.29 is 0 Å². The number of halogens is 2. The van der Waals surface area contributed by atoms with Crippen LogP contribution in [0.25, 0.3) is 0 Å². The molecule has 0 aromatic carbocycles. The van der Waals surface area contributed by atoms with Gasteiger partial charge in [-0.15, -0.1) is 0 Å². The van der Waals surface area contributed by atoms with E-state index in [0.717, 1.165) is 19.3 Å². The second kappa shape index (κ2) is 4.86. The third-order valence-corrected chi connectivity index (χ3v) is 3.18. The van der Waals surface area contributed by atoms with Crippen molar-refractivity contribution in [1.29, 1.82) is 5.26 Å². The molecule has 1 saturated carbocycles. The SMILES string of the molecule is N#CC1CCCC1Nc1nc(Cl)ncc1Cl. The summed E-state index contributed by atoms with van der Waals surface area (Å²) < 4.78 is 0. The van der Waals surface area contributed by atoms with Crippen molar-refractivity contribution in [3.63, 3.8) is 0 Å². The van der Waals surface area contributed by atoms with Gasteiger partial charge in [-0.3, -0.25) is 0 Å². The summed E-state index contributed by atoms with van der Waals surface area (Å²) >= 11 is 11.6. The summed E-state index contributed by atoms with van der Waals surface area (Å²) in [6.45, 7) is 0. The summed E-state index contributed by atoms with van der Waals surface area (Å²) in [5.41, 5.74) is 0. The van der Waals surface area contributed by atoms with Gasteiger partial charge < -0.3 is 5.32 Å². The standard InChI is InChI=1S/C10H10Cl2N4/c11-7-5-14-10(12)16-9(7)15-8-3-1-2-6(8)4-13/h5-6,8H,1-3H2,(H,14,15,16). The van der Waals surface area contributed by atoms with Gasteiger partial charge in [0.25, 0.3) is 0 Å². The number of hydrogen-bond donors (Lipinski definition) is 1. The molecule has 1 N–H and O–H groups in total. The van der Waals surface area contributed by atoms with Crippen LogP contribution in [-0.2, 0) is 0 Å². The van der Waals surface area contributed by atoms with Crippen LogP contribution in [0.4, 0.5) is 5.82 Å². The van der Waals surface area contributed by atoms with Crippen molar-refractivity contribution in [3.8, 4) is 6.07 Å². The quantitative estimate of drug-likeness (QED) is 0.827. The molecule has 0 spiro atoms. The highest BCUT2D eigenvalue weighted by Gasteiger charge is 2.27.